The average Bonchev–Trinajstić information content (AvgIpc) is 2.91. The Hall–Kier alpha value is -3.04. The summed E-state index contributed by atoms with van der Waals surface area (Å²) in [6, 6.07) is 35.6. The van der Waals surface area contributed by atoms with Crippen molar-refractivity contribution in [2.75, 3.05) is 0 Å². The number of nitrogens with zero attached hydrogens (tertiary/aromatic N) is 2. The van der Waals surface area contributed by atoms with Crippen LogP contribution in [0.3, 0.4) is 0 Å². The number of fused-ring (bicyclic) bond motifs is 2. The number of aryl methyl sites for hydroxylation is 1. The van der Waals surface area contributed by atoms with E-state index in [2.05, 4.69) is 139 Å². The third-order valence-electron chi connectivity index (χ3n) is 7.38. The maximum atomic E-state index is 5.52. The van der Waals surface area contributed by atoms with Crippen LogP contribution >= 0.6 is 0 Å². The van der Waals surface area contributed by atoms with Gasteiger partial charge in [0.15, 0.2) is 0 Å². The van der Waals surface area contributed by atoms with Gasteiger partial charge in [0.1, 0.15) is 0 Å². The van der Waals surface area contributed by atoms with Crippen molar-refractivity contribution in [2.45, 2.75) is 59.4 Å². The second-order valence-corrected chi connectivity index (χ2v) is 10.8. The third-order valence-corrected chi connectivity index (χ3v) is 7.38. The fourth-order valence-electron chi connectivity index (χ4n) is 5.27. The van der Waals surface area contributed by atoms with E-state index < -0.39 is 0 Å². The number of hydrogen-bond acceptors (Lipinski definition) is 1. The molecule has 1 unspecified atom stereocenters. The molecule has 5 rings (SSSR count). The predicted octanol–water partition coefficient (Wildman–Crippen LogP) is 11.8. The van der Waals surface area contributed by atoms with Crippen LogP contribution in [-0.2, 0) is 25.8 Å². The van der Waals surface area contributed by atoms with Crippen molar-refractivity contribution in [3.8, 4) is 0 Å². The Labute approximate surface area is 267 Å². The van der Waals surface area contributed by atoms with Gasteiger partial charge in [0.2, 0.25) is 0 Å². The van der Waals surface area contributed by atoms with E-state index in [9.17, 15) is 0 Å². The van der Waals surface area contributed by atoms with Crippen LogP contribution in [0.1, 0.15) is 74.8 Å². The van der Waals surface area contributed by atoms with Gasteiger partial charge in [-0.05, 0) is 37.0 Å². The molecule has 0 aliphatic heterocycles. The van der Waals surface area contributed by atoms with Gasteiger partial charge in [0, 0.05) is 5.69 Å². The van der Waals surface area contributed by atoms with Crippen LogP contribution in [0.15, 0.2) is 96.0 Å². The van der Waals surface area contributed by atoms with E-state index in [0.717, 1.165) is 33.2 Å². The van der Waals surface area contributed by atoms with E-state index in [4.69, 9.17) is 10.3 Å². The van der Waals surface area contributed by atoms with Crippen LogP contribution in [0, 0.1) is 27.8 Å². The summed E-state index contributed by atoms with van der Waals surface area (Å²) < 4.78 is 0. The van der Waals surface area contributed by atoms with Gasteiger partial charge in [-0.25, -0.2) is 0 Å². The molecule has 0 spiro atoms. The van der Waals surface area contributed by atoms with Crippen molar-refractivity contribution in [2.24, 2.45) is 4.99 Å². The molecular formula is C38H42HfN2. The Bertz CT molecular complexity index is 1600. The molecule has 0 bridgehead atoms. The molecule has 0 amide bonds. The van der Waals surface area contributed by atoms with Gasteiger partial charge in [-0.2, -0.15) is 0 Å². The molecule has 0 heterocycles. The molecule has 0 aromatic heterocycles. The van der Waals surface area contributed by atoms with Crippen LogP contribution in [0.4, 0.5) is 11.4 Å². The van der Waals surface area contributed by atoms with Crippen molar-refractivity contribution in [3.05, 3.63) is 139 Å². The Balaban J connectivity index is 0.00000196. The minimum atomic E-state index is -0.190. The van der Waals surface area contributed by atoms with Crippen molar-refractivity contribution in [1.82, 2.24) is 0 Å². The smallest absolute Gasteiger partial charge is 0.673 e. The largest absolute Gasteiger partial charge is 4.00 e. The summed E-state index contributed by atoms with van der Waals surface area (Å²) in [5.41, 5.74) is 7.99. The molecule has 0 fully saturated rings. The molecule has 0 saturated heterocycles. The minimum absolute atomic E-state index is 0. The molecule has 5 aromatic rings. The molecule has 0 saturated carbocycles. The molecular weight excluding hydrogens is 663 g/mol. The molecule has 0 aliphatic rings. The SMILES string of the molecule is CC(=Nc1cccc2cc3ccccc3[c-]c12)C([N-]c1c(C(C)C)cccc1C(C)C)c1ccccc1C.[CH3-].[CH3-].[Hf+4]. The summed E-state index contributed by atoms with van der Waals surface area (Å²) in [6.45, 7) is 13.3. The van der Waals surface area contributed by atoms with Crippen LogP contribution < -0.4 is 0 Å². The van der Waals surface area contributed by atoms with Crippen molar-refractivity contribution >= 4 is 38.6 Å². The van der Waals surface area contributed by atoms with Gasteiger partial charge >= 0.3 is 25.8 Å². The molecule has 0 N–H and O–H groups in total. The van der Waals surface area contributed by atoms with Gasteiger partial charge in [-0.15, -0.1) is 29.3 Å². The average molecular weight is 705 g/mol. The zero-order valence-corrected chi connectivity index (χ0v) is 29.4. The summed E-state index contributed by atoms with van der Waals surface area (Å²) in [5, 5.41) is 10.0. The van der Waals surface area contributed by atoms with Crippen LogP contribution in [0.2, 0.25) is 0 Å². The second-order valence-electron chi connectivity index (χ2n) is 10.8. The van der Waals surface area contributed by atoms with Gasteiger partial charge in [0.25, 0.3) is 0 Å². The Morgan fingerprint density at radius 3 is 1.93 bits per heavy atom. The first kappa shape index (κ1) is 34.2. The minimum Gasteiger partial charge on any atom is -0.673 e. The number of para-hydroxylation sites is 1. The van der Waals surface area contributed by atoms with E-state index in [1.807, 2.05) is 0 Å². The van der Waals surface area contributed by atoms with Crippen LogP contribution in [0.25, 0.3) is 26.9 Å². The zero-order chi connectivity index (χ0) is 26.8. The molecule has 41 heavy (non-hydrogen) atoms. The maximum absolute atomic E-state index is 5.52. The molecule has 208 valence electrons. The van der Waals surface area contributed by atoms with Crippen molar-refractivity contribution in [3.63, 3.8) is 0 Å². The van der Waals surface area contributed by atoms with Crippen LogP contribution in [0.5, 0.6) is 0 Å². The van der Waals surface area contributed by atoms with E-state index in [0.29, 0.717) is 11.8 Å². The first-order valence-electron chi connectivity index (χ1n) is 13.6. The van der Waals surface area contributed by atoms with E-state index in [1.54, 1.807) is 0 Å². The number of benzene rings is 5. The summed E-state index contributed by atoms with van der Waals surface area (Å²) >= 11 is 0. The van der Waals surface area contributed by atoms with Crippen molar-refractivity contribution in [1.29, 1.82) is 0 Å². The van der Waals surface area contributed by atoms with Gasteiger partial charge in [-0.3, -0.25) is 4.99 Å². The van der Waals surface area contributed by atoms with E-state index in [1.165, 1.54) is 27.6 Å². The third kappa shape index (κ3) is 7.25. The topological polar surface area (TPSA) is 26.5 Å². The molecule has 0 radical (unpaired) electrons. The Kier molecular flexibility index (Phi) is 12.3. The first-order chi connectivity index (χ1) is 18.3. The van der Waals surface area contributed by atoms with Crippen molar-refractivity contribution < 1.29 is 25.8 Å². The molecule has 0 aliphatic carbocycles. The van der Waals surface area contributed by atoms with Crippen LogP contribution in [-0.4, -0.2) is 5.71 Å². The number of rotatable bonds is 7. The van der Waals surface area contributed by atoms with Gasteiger partial charge in [0.05, 0.1) is 0 Å². The first-order valence-corrected chi connectivity index (χ1v) is 13.6. The van der Waals surface area contributed by atoms with Gasteiger partial charge in [-0.1, -0.05) is 145 Å². The summed E-state index contributed by atoms with van der Waals surface area (Å²) in [7, 11) is 0. The van der Waals surface area contributed by atoms with E-state index in [-0.39, 0.29) is 46.7 Å². The molecule has 3 heteroatoms. The van der Waals surface area contributed by atoms with E-state index >= 15 is 0 Å². The fraction of sp³-hybridized carbons (Fsp3) is 0.237. The quantitative estimate of drug-likeness (QED) is 0.0698. The summed E-state index contributed by atoms with van der Waals surface area (Å²) in [4.78, 5) is 5.25. The number of hydrogen-bond donors (Lipinski definition) is 0. The monoisotopic (exact) mass is 706 g/mol. The Morgan fingerprint density at radius 1 is 0.707 bits per heavy atom. The normalized spacial score (nSPS) is 12.0. The number of aliphatic imine (C=N–C) groups is 1. The van der Waals surface area contributed by atoms with Gasteiger partial charge < -0.3 is 20.2 Å². The zero-order valence-electron chi connectivity index (χ0n) is 25.8. The molecule has 2 nitrogen and oxygen atoms in total. The summed E-state index contributed by atoms with van der Waals surface area (Å²) in [5.74, 6) is 0.756. The fourth-order valence-corrected chi connectivity index (χ4v) is 5.27. The standard InChI is InChI=1S/C36H36N2.2CH3.Hf/c1-23(2)30-18-12-19-31(24(3)4)36(30)38-35(32-17-10-7-13-25(32)5)26(6)37-34-20-11-16-29-21-27-14-8-9-15-28(27)22-33(29)34;;;/h7-21,23-24,35H,1-6H3;2*1H3;/q-2;2*-1;+4. The summed E-state index contributed by atoms with van der Waals surface area (Å²) in [6.07, 6.45) is 0. The second kappa shape index (κ2) is 14.7. The molecule has 5 aromatic carbocycles. The molecule has 1 atom stereocenters. The predicted molar refractivity (Wildman–Crippen MR) is 177 cm³/mol. The maximum Gasteiger partial charge on any atom is 4.00 e. The Morgan fingerprint density at radius 2 is 1.27 bits per heavy atom.